The lowest BCUT2D eigenvalue weighted by Crippen LogP contribution is -2.53. The zero-order chi connectivity index (χ0) is 40.6. The third-order valence-corrected chi connectivity index (χ3v) is 13.9. The van der Waals surface area contributed by atoms with Crippen molar-refractivity contribution in [2.45, 2.75) is 113 Å². The highest BCUT2D eigenvalue weighted by Crippen LogP contribution is 2.46. The van der Waals surface area contributed by atoms with E-state index in [1.807, 2.05) is 36.4 Å². The number of aryl methyl sites for hydroxylation is 1. The van der Waals surface area contributed by atoms with Crippen molar-refractivity contribution >= 4 is 55.2 Å². The van der Waals surface area contributed by atoms with Crippen LogP contribution in [0.1, 0.15) is 99.7 Å². The van der Waals surface area contributed by atoms with Crippen molar-refractivity contribution in [3.8, 4) is 5.88 Å². The lowest BCUT2D eigenvalue weighted by atomic mass is 9.89. The molecule has 1 aliphatic heterocycles. The quantitative estimate of drug-likeness (QED) is 0.145. The van der Waals surface area contributed by atoms with Crippen LogP contribution in [0.15, 0.2) is 65.2 Å². The third kappa shape index (κ3) is 8.64. The van der Waals surface area contributed by atoms with Crippen molar-refractivity contribution in [2.24, 2.45) is 17.8 Å². The first-order chi connectivity index (χ1) is 27.9. The van der Waals surface area contributed by atoms with Crippen molar-refractivity contribution in [1.82, 2.24) is 25.5 Å². The van der Waals surface area contributed by atoms with E-state index in [1.165, 1.54) is 18.2 Å². The molecule has 3 aliphatic carbocycles. The van der Waals surface area contributed by atoms with Crippen molar-refractivity contribution in [1.29, 1.82) is 0 Å². The molecule has 13 nitrogen and oxygen atoms in total. The van der Waals surface area contributed by atoms with Crippen molar-refractivity contribution in [3.63, 3.8) is 0 Å². The predicted octanol–water partition coefficient (Wildman–Crippen LogP) is 6.14. The molecule has 8 rings (SSSR count). The Bertz CT molecular complexity index is 2400. The van der Waals surface area contributed by atoms with Gasteiger partial charge < -0.3 is 19.9 Å². The Labute approximate surface area is 336 Å². The SMILES string of the molecule is Cc1cc(C(=O)NC2CCCCCC=CC3CC3(C(=O)NS(=O)(=O)C3CC3)NC(=O)C3CCC(CC2=O)CC(Oc2nc4ccccc4c4ccc(F)cc24)C3)no1. The smallest absolute Gasteiger partial charge is 0.274 e. The lowest BCUT2D eigenvalue weighted by Gasteiger charge is -2.25. The number of ether oxygens (including phenoxy) is 1. The van der Waals surface area contributed by atoms with Gasteiger partial charge in [-0.05, 0) is 101 Å². The van der Waals surface area contributed by atoms with E-state index in [1.54, 1.807) is 13.0 Å². The van der Waals surface area contributed by atoms with Gasteiger partial charge in [-0.2, -0.15) is 0 Å². The highest BCUT2D eigenvalue weighted by Gasteiger charge is 2.61. The van der Waals surface area contributed by atoms with Gasteiger partial charge in [-0.15, -0.1) is 0 Å². The highest BCUT2D eigenvalue weighted by atomic mass is 32.2. The summed E-state index contributed by atoms with van der Waals surface area (Å²) in [5.41, 5.74) is -0.680. The summed E-state index contributed by atoms with van der Waals surface area (Å²) in [6.45, 7) is 1.68. The van der Waals surface area contributed by atoms with Crippen molar-refractivity contribution in [3.05, 3.63) is 78.0 Å². The number of allylic oxidation sites excluding steroid dienone is 1. The van der Waals surface area contributed by atoms with Gasteiger partial charge in [0.15, 0.2) is 11.5 Å². The molecule has 6 unspecified atom stereocenters. The molecule has 3 amide bonds. The number of hydrogen-bond acceptors (Lipinski definition) is 10. The molecular weight excluding hydrogens is 766 g/mol. The molecule has 58 heavy (non-hydrogen) atoms. The number of rotatable bonds is 7. The Morgan fingerprint density at radius 2 is 1.79 bits per heavy atom. The second kappa shape index (κ2) is 16.2. The van der Waals surface area contributed by atoms with Crippen LogP contribution in [0.4, 0.5) is 4.39 Å². The number of aromatic nitrogens is 2. The van der Waals surface area contributed by atoms with E-state index in [0.29, 0.717) is 68.0 Å². The van der Waals surface area contributed by atoms with Crippen LogP contribution in [0, 0.1) is 30.5 Å². The molecule has 2 aromatic heterocycles. The van der Waals surface area contributed by atoms with Crippen LogP contribution in [0.25, 0.3) is 21.7 Å². The predicted molar refractivity (Wildman–Crippen MR) is 212 cm³/mol. The Morgan fingerprint density at radius 1 is 0.966 bits per heavy atom. The number of amides is 3. The highest BCUT2D eigenvalue weighted by molar-refractivity contribution is 7.91. The van der Waals surface area contributed by atoms with Crippen molar-refractivity contribution < 1.29 is 41.2 Å². The maximum atomic E-state index is 14.8. The summed E-state index contributed by atoms with van der Waals surface area (Å²) in [7, 11) is -3.87. The third-order valence-electron chi connectivity index (χ3n) is 12.1. The van der Waals surface area contributed by atoms with E-state index < -0.39 is 68.3 Å². The Hall–Kier alpha value is -5.18. The number of halogens is 1. The number of nitrogens with zero attached hydrogens (tertiary/aromatic N) is 2. The molecule has 0 saturated heterocycles. The number of fused-ring (bicyclic) bond motifs is 7. The minimum Gasteiger partial charge on any atom is -0.474 e. The Balaban J connectivity index is 1.11. The maximum Gasteiger partial charge on any atom is 0.274 e. The van der Waals surface area contributed by atoms with Gasteiger partial charge in [0.1, 0.15) is 23.2 Å². The van der Waals surface area contributed by atoms with E-state index in [0.717, 1.165) is 23.6 Å². The molecule has 0 spiro atoms. The van der Waals surface area contributed by atoms with Gasteiger partial charge in [-0.25, -0.2) is 17.8 Å². The van der Waals surface area contributed by atoms with Crippen LogP contribution >= 0.6 is 0 Å². The van der Waals surface area contributed by atoms with Gasteiger partial charge in [-0.3, -0.25) is 23.9 Å². The van der Waals surface area contributed by atoms with E-state index >= 15 is 0 Å². The number of nitrogens with one attached hydrogen (secondary N) is 3. The number of benzene rings is 2. The Kier molecular flexibility index (Phi) is 11.1. The number of hydrogen-bond donors (Lipinski definition) is 3. The average Bonchev–Trinajstić information content (AvgIpc) is 4.12. The van der Waals surface area contributed by atoms with E-state index in [9.17, 15) is 32.0 Å². The number of ketones is 1. The average molecular weight is 814 g/mol. The summed E-state index contributed by atoms with van der Waals surface area (Å²) in [4.78, 5) is 60.3. The molecule has 3 saturated carbocycles. The lowest BCUT2D eigenvalue weighted by molar-refractivity contribution is -0.132. The van der Waals surface area contributed by atoms with Gasteiger partial charge in [-0.1, -0.05) is 54.4 Å². The number of carbonyl (C=O) groups excluding carboxylic acids is 4. The summed E-state index contributed by atoms with van der Waals surface area (Å²) < 4.78 is 54.6. The van der Waals surface area contributed by atoms with Crippen LogP contribution in [-0.4, -0.2) is 65.0 Å². The number of sulfonamides is 1. The molecule has 6 atom stereocenters. The largest absolute Gasteiger partial charge is 0.474 e. The standard InChI is InChI=1S/C43H48FN5O8S/c1-25-19-37(48-57-25)40(52)45-36-12-6-4-2-3-5-9-28-24-43(28,42(53)49-58(54,55)31-16-17-31)47-39(51)27-14-13-26(21-38(36)50)20-30(22-27)56-41-34-23-29(44)15-18-32(34)33-10-7-8-11-35(33)46-41/h5,7-11,15,18-19,23,26-28,30-31,36H,2-4,6,12-14,16-17,20-22,24H2,1H3,(H,45,52)(H,47,51)(H,49,53). The van der Waals surface area contributed by atoms with Gasteiger partial charge in [0.05, 0.1) is 16.8 Å². The number of carbonyl (C=O) groups is 4. The number of Topliss-reactive ketones (excluding diaryl/α,β-unsaturated/α-hetero) is 1. The molecule has 4 aromatic rings. The molecule has 306 valence electrons. The normalized spacial score (nSPS) is 27.2. The van der Waals surface area contributed by atoms with Gasteiger partial charge in [0.25, 0.3) is 11.8 Å². The molecule has 2 aromatic carbocycles. The first kappa shape index (κ1) is 39.6. The molecule has 3 N–H and O–H groups in total. The second-order valence-electron chi connectivity index (χ2n) is 16.5. The monoisotopic (exact) mass is 813 g/mol. The van der Waals surface area contributed by atoms with Crippen LogP contribution in [0.2, 0.25) is 0 Å². The topological polar surface area (TPSA) is 187 Å². The molecule has 3 heterocycles. The van der Waals surface area contributed by atoms with Crippen LogP contribution < -0.4 is 20.1 Å². The fraction of sp³-hybridized carbons (Fsp3) is 0.488. The van der Waals surface area contributed by atoms with E-state index in [-0.39, 0.29) is 42.5 Å². The van der Waals surface area contributed by atoms with Gasteiger partial charge >= 0.3 is 0 Å². The number of pyridine rings is 1. The van der Waals surface area contributed by atoms with Crippen molar-refractivity contribution in [2.75, 3.05) is 0 Å². The second-order valence-corrected chi connectivity index (χ2v) is 18.5. The molecule has 4 aliphatic rings. The Morgan fingerprint density at radius 3 is 2.59 bits per heavy atom. The first-order valence-electron chi connectivity index (χ1n) is 20.3. The molecular formula is C43H48FN5O8S. The zero-order valence-electron chi connectivity index (χ0n) is 32.4. The molecule has 0 radical (unpaired) electrons. The maximum absolute atomic E-state index is 14.8. The molecule has 3 fully saturated rings. The van der Waals surface area contributed by atoms with Crippen LogP contribution in [0.3, 0.4) is 0 Å². The summed E-state index contributed by atoms with van der Waals surface area (Å²) in [5, 5.41) is 11.1. The summed E-state index contributed by atoms with van der Waals surface area (Å²) in [6, 6.07) is 12.7. The molecule has 15 heteroatoms. The fourth-order valence-corrected chi connectivity index (χ4v) is 9.97. The van der Waals surface area contributed by atoms with E-state index in [2.05, 4.69) is 20.5 Å². The minimum absolute atomic E-state index is 0.0909. The van der Waals surface area contributed by atoms with Crippen LogP contribution in [0.5, 0.6) is 5.88 Å². The number of para-hydroxylation sites is 1. The summed E-state index contributed by atoms with van der Waals surface area (Å²) in [6.07, 6.45) is 9.22. The summed E-state index contributed by atoms with van der Waals surface area (Å²) >= 11 is 0. The fourth-order valence-electron chi connectivity index (χ4n) is 8.60. The van der Waals surface area contributed by atoms with Crippen LogP contribution in [-0.2, 0) is 24.4 Å². The first-order valence-corrected chi connectivity index (χ1v) is 21.9. The van der Waals surface area contributed by atoms with E-state index in [4.69, 9.17) is 14.2 Å². The van der Waals surface area contributed by atoms with Gasteiger partial charge in [0.2, 0.25) is 21.8 Å². The van der Waals surface area contributed by atoms with Gasteiger partial charge in [0, 0.05) is 35.1 Å². The molecule has 2 bridgehead atoms. The zero-order valence-corrected chi connectivity index (χ0v) is 33.2. The summed E-state index contributed by atoms with van der Waals surface area (Å²) in [5.74, 6) is -2.91. The minimum atomic E-state index is -3.87.